The number of ether oxygens (including phenoxy) is 3. The summed E-state index contributed by atoms with van der Waals surface area (Å²) < 4.78 is 25.3. The number of esters is 1. The Kier molecular flexibility index (Phi) is 8.77. The van der Waals surface area contributed by atoms with E-state index in [1.54, 1.807) is 0 Å². The summed E-state index contributed by atoms with van der Waals surface area (Å²) in [4.78, 5) is 36.0. The predicted molar refractivity (Wildman–Crippen MR) is 90.1 cm³/mol. The van der Waals surface area contributed by atoms with E-state index in [0.717, 1.165) is 7.11 Å². The van der Waals surface area contributed by atoms with Gasteiger partial charge in [-0.25, -0.2) is 4.79 Å². The molecular formula is C13H23NO9P2. The number of aliphatic hydroxyl groups is 1. The third-order valence-electron chi connectivity index (χ3n) is 3.75. The normalized spacial score (nSPS) is 29.0. The molecule has 4 unspecified atom stereocenters. The van der Waals surface area contributed by atoms with Gasteiger partial charge in [0.2, 0.25) is 5.91 Å². The molecule has 0 aromatic heterocycles. The summed E-state index contributed by atoms with van der Waals surface area (Å²) in [5.74, 6) is -4.04. The number of hydrogen-bond donors (Lipinski definition) is 2. The van der Waals surface area contributed by atoms with Crippen molar-refractivity contribution in [2.75, 3.05) is 20.8 Å². The molecule has 1 saturated heterocycles. The molecule has 1 aliphatic heterocycles. The topological polar surface area (TPSA) is 130 Å². The van der Waals surface area contributed by atoms with Crippen molar-refractivity contribution >= 4 is 36.6 Å². The van der Waals surface area contributed by atoms with Gasteiger partial charge < -0.3 is 33.7 Å². The minimum atomic E-state index is -2.03. The van der Waals surface area contributed by atoms with Gasteiger partial charge in [-0.2, -0.15) is 0 Å². The Morgan fingerprint density at radius 1 is 1.44 bits per heavy atom. The third-order valence-corrected chi connectivity index (χ3v) is 4.29. The van der Waals surface area contributed by atoms with E-state index in [1.165, 1.54) is 14.0 Å². The lowest BCUT2D eigenvalue weighted by Crippen LogP contribution is -2.66. The lowest BCUT2D eigenvalue weighted by atomic mass is 9.89. The van der Waals surface area contributed by atoms with Crippen molar-refractivity contribution < 1.29 is 42.7 Å². The van der Waals surface area contributed by atoms with Crippen molar-refractivity contribution in [3.8, 4) is 0 Å². The van der Waals surface area contributed by atoms with Crippen LogP contribution in [0.15, 0.2) is 0 Å². The van der Waals surface area contributed by atoms with Crippen LogP contribution in [-0.4, -0.2) is 73.7 Å². The zero-order valence-corrected chi connectivity index (χ0v) is 16.4. The van der Waals surface area contributed by atoms with E-state index >= 15 is 0 Å². The molecule has 144 valence electrons. The lowest BCUT2D eigenvalue weighted by molar-refractivity contribution is -0.281. The van der Waals surface area contributed by atoms with Gasteiger partial charge in [0, 0.05) is 33.0 Å². The average Bonchev–Trinajstić information content (AvgIpc) is 2.59. The van der Waals surface area contributed by atoms with Crippen LogP contribution in [0.1, 0.15) is 13.3 Å². The molecule has 0 spiro atoms. The van der Waals surface area contributed by atoms with E-state index in [0.29, 0.717) is 0 Å². The summed E-state index contributed by atoms with van der Waals surface area (Å²) in [6.45, 7) is 1.15. The molecule has 1 rings (SSSR count). The molecule has 0 aliphatic carbocycles. The zero-order valence-electron chi connectivity index (χ0n) is 14.1. The van der Waals surface area contributed by atoms with Crippen LogP contribution in [0.5, 0.6) is 0 Å². The number of nitrogens with one attached hydrogen (secondary N) is 1. The standard InChI is InChI=1S/C13H23NO9P2/c1-6(15)14-9-7(16)4-13(20-3,12(18)19-2)22-11(9)10(17)8(23-25)5-21-24/h8-11,17H,4-5,24-25H2,1-3H3,(H,14,15)/t8-,9?,10-,11-,13?/m1/s1. The molecule has 1 fully saturated rings. The van der Waals surface area contributed by atoms with Crippen molar-refractivity contribution in [1.29, 1.82) is 0 Å². The smallest absolute Gasteiger partial charge is 0.367 e. The van der Waals surface area contributed by atoms with Crippen LogP contribution in [0.2, 0.25) is 0 Å². The molecule has 2 N–H and O–H groups in total. The van der Waals surface area contributed by atoms with Crippen LogP contribution in [0.4, 0.5) is 0 Å². The maximum Gasteiger partial charge on any atom is 0.367 e. The highest BCUT2D eigenvalue weighted by Crippen LogP contribution is 2.32. The molecule has 0 aromatic rings. The van der Waals surface area contributed by atoms with Crippen molar-refractivity contribution in [2.45, 2.75) is 43.5 Å². The minimum Gasteiger partial charge on any atom is -0.465 e. The molecule has 10 nitrogen and oxygen atoms in total. The van der Waals surface area contributed by atoms with Gasteiger partial charge in [0.25, 0.3) is 5.79 Å². The Hall–Kier alpha value is -0.730. The number of amides is 1. The molecule has 0 saturated carbocycles. The Labute approximate surface area is 149 Å². The average molecular weight is 399 g/mol. The summed E-state index contributed by atoms with van der Waals surface area (Å²) in [6.07, 6.45) is -4.19. The minimum absolute atomic E-state index is 0.0611. The molecule has 7 atom stereocenters. The van der Waals surface area contributed by atoms with Gasteiger partial charge >= 0.3 is 5.97 Å². The summed E-state index contributed by atoms with van der Waals surface area (Å²) >= 11 is 0. The maximum absolute atomic E-state index is 12.5. The van der Waals surface area contributed by atoms with Crippen molar-refractivity contribution in [3.63, 3.8) is 0 Å². The van der Waals surface area contributed by atoms with Crippen molar-refractivity contribution in [3.05, 3.63) is 0 Å². The monoisotopic (exact) mass is 399 g/mol. The van der Waals surface area contributed by atoms with E-state index in [9.17, 15) is 19.5 Å². The largest absolute Gasteiger partial charge is 0.465 e. The fraction of sp³-hybridized carbons (Fsp3) is 0.769. The van der Waals surface area contributed by atoms with Gasteiger partial charge in [0.1, 0.15) is 24.4 Å². The Bertz CT molecular complexity index is 506. The molecule has 1 aliphatic rings. The van der Waals surface area contributed by atoms with Crippen LogP contribution in [0, 0.1) is 0 Å². The number of hydrogen-bond acceptors (Lipinski definition) is 9. The van der Waals surface area contributed by atoms with Crippen LogP contribution < -0.4 is 5.32 Å². The molecule has 25 heavy (non-hydrogen) atoms. The molecule has 0 radical (unpaired) electrons. The first kappa shape index (κ1) is 22.3. The first-order chi connectivity index (χ1) is 11.8. The number of carbonyl (C=O) groups is 3. The number of carbonyl (C=O) groups excluding carboxylic acids is 3. The van der Waals surface area contributed by atoms with Gasteiger partial charge in [-0.1, -0.05) is 0 Å². The molecule has 1 heterocycles. The summed E-state index contributed by atoms with van der Waals surface area (Å²) in [6, 6.07) is -1.20. The Balaban J connectivity index is 3.23. The maximum atomic E-state index is 12.5. The third kappa shape index (κ3) is 5.14. The number of methoxy groups -OCH3 is 2. The fourth-order valence-corrected chi connectivity index (χ4v) is 2.93. The van der Waals surface area contributed by atoms with Crippen LogP contribution >= 0.6 is 18.9 Å². The number of ketones is 1. The quantitative estimate of drug-likeness (QED) is 0.378. The van der Waals surface area contributed by atoms with E-state index in [4.69, 9.17) is 18.5 Å². The number of Topliss-reactive ketones (excluding diaryl/α,β-unsaturated/α-hetero) is 1. The fourth-order valence-electron chi connectivity index (χ4n) is 2.50. The highest BCUT2D eigenvalue weighted by molar-refractivity contribution is 7.10. The van der Waals surface area contributed by atoms with Gasteiger partial charge in [0.05, 0.1) is 20.1 Å². The Morgan fingerprint density at radius 3 is 2.52 bits per heavy atom. The van der Waals surface area contributed by atoms with Crippen LogP contribution in [-0.2, 0) is 37.6 Å². The van der Waals surface area contributed by atoms with Crippen molar-refractivity contribution in [2.24, 2.45) is 0 Å². The van der Waals surface area contributed by atoms with E-state index < -0.39 is 54.2 Å². The highest BCUT2D eigenvalue weighted by atomic mass is 31.0. The first-order valence-electron chi connectivity index (χ1n) is 7.22. The highest BCUT2D eigenvalue weighted by Gasteiger charge is 2.56. The van der Waals surface area contributed by atoms with E-state index in [2.05, 4.69) is 10.1 Å². The van der Waals surface area contributed by atoms with Gasteiger partial charge in [-0.05, 0) is 0 Å². The molecule has 1 amide bonds. The van der Waals surface area contributed by atoms with Crippen LogP contribution in [0.3, 0.4) is 0 Å². The SMILES string of the molecule is COC(=O)C1(OC)CC(=O)C(NC(C)=O)[C@H]([C@H](O)[C@@H](COP)OP)O1. The second kappa shape index (κ2) is 9.83. The molecule has 12 heteroatoms. The first-order valence-corrected chi connectivity index (χ1v) is 8.17. The van der Waals surface area contributed by atoms with E-state index in [1.807, 2.05) is 18.9 Å². The number of aliphatic hydroxyl groups excluding tert-OH is 1. The van der Waals surface area contributed by atoms with Crippen LogP contribution in [0.25, 0.3) is 0 Å². The summed E-state index contributed by atoms with van der Waals surface area (Å²) in [5.41, 5.74) is 0. The number of rotatable bonds is 8. The molecule has 0 bridgehead atoms. The predicted octanol–water partition coefficient (Wildman–Crippen LogP) is -1.29. The Morgan fingerprint density at radius 2 is 2.08 bits per heavy atom. The van der Waals surface area contributed by atoms with E-state index in [-0.39, 0.29) is 6.61 Å². The zero-order chi connectivity index (χ0) is 19.2. The van der Waals surface area contributed by atoms with Crippen molar-refractivity contribution in [1.82, 2.24) is 5.32 Å². The second-order valence-electron chi connectivity index (χ2n) is 5.35. The summed E-state index contributed by atoms with van der Waals surface area (Å²) in [7, 11) is 6.24. The molecule has 0 aromatic carbocycles. The second-order valence-corrected chi connectivity index (χ2v) is 5.96. The van der Waals surface area contributed by atoms with Gasteiger partial charge in [0.15, 0.2) is 5.78 Å². The summed E-state index contributed by atoms with van der Waals surface area (Å²) in [5, 5.41) is 13.0. The molecular weight excluding hydrogens is 376 g/mol. The lowest BCUT2D eigenvalue weighted by Gasteiger charge is -2.43. The van der Waals surface area contributed by atoms with Gasteiger partial charge in [-0.3, -0.25) is 9.59 Å². The van der Waals surface area contributed by atoms with Gasteiger partial charge in [-0.15, -0.1) is 0 Å².